The van der Waals surface area contributed by atoms with Gasteiger partial charge in [-0.25, -0.2) is 0 Å². The fourth-order valence-corrected chi connectivity index (χ4v) is 4.19. The number of hydrogen-bond acceptors (Lipinski definition) is 7. The summed E-state index contributed by atoms with van der Waals surface area (Å²) in [5.74, 6) is 1.47. The van der Waals surface area contributed by atoms with Gasteiger partial charge in [0.2, 0.25) is 17.8 Å². The molecule has 172 valence electrons. The predicted octanol–water partition coefficient (Wildman–Crippen LogP) is 5.99. The molecule has 2 heterocycles. The molecule has 4 aromatic rings. The zero-order valence-corrected chi connectivity index (χ0v) is 19.8. The lowest BCUT2D eigenvalue weighted by Crippen LogP contribution is -2.47. The number of aromatic nitrogens is 3. The Labute approximate surface area is 208 Å². The van der Waals surface area contributed by atoms with E-state index < -0.39 is 0 Å². The van der Waals surface area contributed by atoms with E-state index in [0.29, 0.717) is 27.9 Å². The van der Waals surface area contributed by atoms with E-state index in [-0.39, 0.29) is 0 Å². The molecular formula is C25H23Cl2N7. The van der Waals surface area contributed by atoms with E-state index in [9.17, 15) is 0 Å². The Morgan fingerprint density at radius 1 is 0.588 bits per heavy atom. The molecule has 0 aliphatic carbocycles. The Balaban J connectivity index is 1.40. The second-order valence-electron chi connectivity index (χ2n) is 7.86. The van der Waals surface area contributed by atoms with Crippen molar-refractivity contribution in [3.63, 3.8) is 0 Å². The zero-order chi connectivity index (χ0) is 23.3. The van der Waals surface area contributed by atoms with Gasteiger partial charge in [0.05, 0.1) is 0 Å². The highest BCUT2D eigenvalue weighted by Crippen LogP contribution is 2.24. The summed E-state index contributed by atoms with van der Waals surface area (Å²) in [6.45, 7) is 3.35. The van der Waals surface area contributed by atoms with E-state index in [4.69, 9.17) is 33.2 Å². The molecule has 2 N–H and O–H groups in total. The van der Waals surface area contributed by atoms with Crippen LogP contribution in [0.1, 0.15) is 0 Å². The molecule has 0 unspecified atom stereocenters. The van der Waals surface area contributed by atoms with Gasteiger partial charge in [0, 0.05) is 53.3 Å². The van der Waals surface area contributed by atoms with Crippen LogP contribution in [0.5, 0.6) is 0 Å². The molecule has 5 rings (SSSR count). The van der Waals surface area contributed by atoms with Crippen molar-refractivity contribution in [1.82, 2.24) is 15.0 Å². The largest absolute Gasteiger partial charge is 0.368 e. The topological polar surface area (TPSA) is 69.2 Å². The lowest BCUT2D eigenvalue weighted by molar-refractivity contribution is 0.639. The molecule has 1 saturated heterocycles. The highest BCUT2D eigenvalue weighted by Gasteiger charge is 2.21. The van der Waals surface area contributed by atoms with Crippen molar-refractivity contribution < 1.29 is 0 Å². The fourth-order valence-electron chi connectivity index (χ4n) is 3.81. The van der Waals surface area contributed by atoms with Crippen LogP contribution >= 0.6 is 23.2 Å². The molecule has 1 aromatic heterocycles. The van der Waals surface area contributed by atoms with Gasteiger partial charge in [0.1, 0.15) is 0 Å². The smallest absolute Gasteiger partial charge is 0.233 e. The molecule has 0 amide bonds. The Bertz CT molecular complexity index is 1200. The lowest BCUT2D eigenvalue weighted by Gasteiger charge is -2.36. The van der Waals surface area contributed by atoms with Crippen LogP contribution in [0.15, 0.2) is 78.9 Å². The molecule has 3 aromatic carbocycles. The first kappa shape index (κ1) is 22.3. The molecule has 1 fully saturated rings. The van der Waals surface area contributed by atoms with E-state index in [1.54, 1.807) is 0 Å². The molecule has 34 heavy (non-hydrogen) atoms. The lowest BCUT2D eigenvalue weighted by atomic mass is 10.2. The normalized spacial score (nSPS) is 13.6. The quantitative estimate of drug-likeness (QED) is 0.343. The minimum atomic E-state index is 0.433. The maximum absolute atomic E-state index is 6.15. The molecule has 7 nitrogen and oxygen atoms in total. The van der Waals surface area contributed by atoms with E-state index in [2.05, 4.69) is 49.7 Å². The highest BCUT2D eigenvalue weighted by atomic mass is 35.5. The van der Waals surface area contributed by atoms with Crippen molar-refractivity contribution in [2.45, 2.75) is 0 Å². The molecule has 0 spiro atoms. The van der Waals surface area contributed by atoms with Gasteiger partial charge in [-0.1, -0.05) is 53.5 Å². The number of rotatable bonds is 6. The van der Waals surface area contributed by atoms with Gasteiger partial charge < -0.3 is 20.4 Å². The number of nitrogens with zero attached hydrogens (tertiary/aromatic N) is 5. The average molecular weight is 492 g/mol. The Morgan fingerprint density at radius 3 is 1.65 bits per heavy atom. The number of halogens is 2. The summed E-state index contributed by atoms with van der Waals surface area (Å²) in [5.41, 5.74) is 2.82. The van der Waals surface area contributed by atoms with Crippen LogP contribution < -0.4 is 20.4 Å². The SMILES string of the molecule is Clc1cccc(Nc2nc(Nc3cccc(Cl)c3)nc(N3CCN(c4ccccc4)CC3)n2)c1. The van der Waals surface area contributed by atoms with E-state index in [1.165, 1.54) is 5.69 Å². The predicted molar refractivity (Wildman–Crippen MR) is 140 cm³/mol. The summed E-state index contributed by atoms with van der Waals surface area (Å²) < 4.78 is 0. The van der Waals surface area contributed by atoms with Gasteiger partial charge in [0.25, 0.3) is 0 Å². The van der Waals surface area contributed by atoms with Gasteiger partial charge in [-0.05, 0) is 48.5 Å². The summed E-state index contributed by atoms with van der Waals surface area (Å²) >= 11 is 12.3. The average Bonchev–Trinajstić information content (AvgIpc) is 2.85. The van der Waals surface area contributed by atoms with Crippen LogP contribution in [0.3, 0.4) is 0 Å². The Morgan fingerprint density at radius 2 is 1.12 bits per heavy atom. The van der Waals surface area contributed by atoms with Crippen LogP contribution in [0.4, 0.5) is 34.9 Å². The number of nitrogens with one attached hydrogen (secondary N) is 2. The van der Waals surface area contributed by atoms with Crippen molar-refractivity contribution in [3.05, 3.63) is 88.9 Å². The van der Waals surface area contributed by atoms with Crippen molar-refractivity contribution in [2.24, 2.45) is 0 Å². The second kappa shape index (κ2) is 10.2. The molecule has 0 saturated carbocycles. The first-order chi connectivity index (χ1) is 16.6. The van der Waals surface area contributed by atoms with Crippen molar-refractivity contribution in [3.8, 4) is 0 Å². The summed E-state index contributed by atoms with van der Waals surface area (Å²) in [7, 11) is 0. The van der Waals surface area contributed by atoms with Gasteiger partial charge in [-0.2, -0.15) is 15.0 Å². The fraction of sp³-hybridized carbons (Fsp3) is 0.160. The van der Waals surface area contributed by atoms with Crippen LogP contribution in [0.25, 0.3) is 0 Å². The third-order valence-electron chi connectivity index (χ3n) is 5.47. The van der Waals surface area contributed by atoms with Crippen molar-refractivity contribution >= 4 is 58.1 Å². The van der Waals surface area contributed by atoms with Gasteiger partial charge in [-0.15, -0.1) is 0 Å². The molecule has 0 atom stereocenters. The summed E-state index contributed by atoms with van der Waals surface area (Å²) in [6, 6.07) is 25.3. The number of benzene rings is 3. The van der Waals surface area contributed by atoms with Crippen LogP contribution in [0, 0.1) is 0 Å². The van der Waals surface area contributed by atoms with Gasteiger partial charge in [0.15, 0.2) is 0 Å². The van der Waals surface area contributed by atoms with Crippen molar-refractivity contribution in [1.29, 1.82) is 0 Å². The molecular weight excluding hydrogens is 469 g/mol. The molecule has 9 heteroatoms. The van der Waals surface area contributed by atoms with E-state index in [0.717, 1.165) is 37.6 Å². The monoisotopic (exact) mass is 491 g/mol. The summed E-state index contributed by atoms with van der Waals surface area (Å²) in [6.07, 6.45) is 0. The standard InChI is InChI=1S/C25H23Cl2N7/c26-18-6-4-8-20(16-18)28-23-30-24(29-21-9-5-7-19(27)17-21)32-25(31-23)34-14-12-33(13-15-34)22-10-2-1-3-11-22/h1-11,16-17H,12-15H2,(H2,28,29,30,31,32). The third kappa shape index (κ3) is 5.50. The summed E-state index contributed by atoms with van der Waals surface area (Å²) in [5, 5.41) is 7.76. The van der Waals surface area contributed by atoms with E-state index >= 15 is 0 Å². The number of hydrogen-bond donors (Lipinski definition) is 2. The third-order valence-corrected chi connectivity index (χ3v) is 5.94. The minimum absolute atomic E-state index is 0.433. The second-order valence-corrected chi connectivity index (χ2v) is 8.74. The molecule has 1 aliphatic rings. The van der Waals surface area contributed by atoms with Crippen LogP contribution in [0.2, 0.25) is 10.0 Å². The number of piperazine rings is 1. The van der Waals surface area contributed by atoms with Crippen LogP contribution in [-0.4, -0.2) is 41.1 Å². The van der Waals surface area contributed by atoms with Crippen molar-refractivity contribution in [2.75, 3.05) is 46.6 Å². The van der Waals surface area contributed by atoms with Crippen LogP contribution in [-0.2, 0) is 0 Å². The number of anilines is 6. The maximum atomic E-state index is 6.15. The molecule has 0 radical (unpaired) electrons. The minimum Gasteiger partial charge on any atom is -0.368 e. The van der Waals surface area contributed by atoms with Gasteiger partial charge >= 0.3 is 0 Å². The molecule has 0 bridgehead atoms. The van der Waals surface area contributed by atoms with E-state index in [1.807, 2.05) is 54.6 Å². The first-order valence-corrected chi connectivity index (χ1v) is 11.7. The zero-order valence-electron chi connectivity index (χ0n) is 18.3. The van der Waals surface area contributed by atoms with Gasteiger partial charge in [-0.3, -0.25) is 0 Å². The number of para-hydroxylation sites is 1. The maximum Gasteiger partial charge on any atom is 0.233 e. The molecule has 1 aliphatic heterocycles. The highest BCUT2D eigenvalue weighted by molar-refractivity contribution is 6.31. The Hall–Kier alpha value is -3.55. The Kier molecular flexibility index (Phi) is 6.65. The summed E-state index contributed by atoms with van der Waals surface area (Å²) in [4.78, 5) is 18.5. The first-order valence-electron chi connectivity index (χ1n) is 11.0.